The van der Waals surface area contributed by atoms with Crippen LogP contribution in [0.25, 0.3) is 0 Å². The van der Waals surface area contributed by atoms with Gasteiger partial charge in [-0.3, -0.25) is 4.79 Å². The van der Waals surface area contributed by atoms with Gasteiger partial charge in [-0.1, -0.05) is 51.9 Å². The Hall–Kier alpha value is -1.29. The summed E-state index contributed by atoms with van der Waals surface area (Å²) in [5, 5.41) is 8.86. The van der Waals surface area contributed by atoms with E-state index in [1.54, 1.807) is 0 Å². The standard InChI is InChI=1S/C16H26O4/c1-2-3-4-5-6-7-8-9-10-19-16-11-15(18)14(12-17)13-20-16/h11,13,17H,2-10,12H2,1H3. The molecule has 1 rings (SSSR count). The molecule has 0 saturated carbocycles. The minimum Gasteiger partial charge on any atom is -0.465 e. The van der Waals surface area contributed by atoms with Crippen molar-refractivity contribution in [2.75, 3.05) is 6.61 Å². The van der Waals surface area contributed by atoms with Crippen molar-refractivity contribution < 1.29 is 14.3 Å². The van der Waals surface area contributed by atoms with Crippen molar-refractivity contribution in [3.05, 3.63) is 28.1 Å². The number of unbranched alkanes of at least 4 members (excludes halogenated alkanes) is 7. The van der Waals surface area contributed by atoms with Crippen LogP contribution in [0.5, 0.6) is 5.95 Å². The first-order chi connectivity index (χ1) is 9.77. The van der Waals surface area contributed by atoms with E-state index in [9.17, 15) is 4.79 Å². The number of rotatable bonds is 11. The lowest BCUT2D eigenvalue weighted by Crippen LogP contribution is -2.08. The lowest BCUT2D eigenvalue weighted by molar-refractivity contribution is 0.224. The molecule has 0 aliphatic carbocycles. The van der Waals surface area contributed by atoms with Gasteiger partial charge < -0.3 is 14.3 Å². The molecule has 0 aromatic carbocycles. The van der Waals surface area contributed by atoms with Crippen LogP contribution in [0, 0.1) is 0 Å². The van der Waals surface area contributed by atoms with Crippen molar-refractivity contribution >= 4 is 0 Å². The Balaban J connectivity index is 2.07. The lowest BCUT2D eigenvalue weighted by Gasteiger charge is -2.05. The van der Waals surface area contributed by atoms with Crippen LogP contribution in [0.2, 0.25) is 0 Å². The summed E-state index contributed by atoms with van der Waals surface area (Å²) >= 11 is 0. The lowest BCUT2D eigenvalue weighted by atomic mass is 10.1. The third-order valence-corrected chi connectivity index (χ3v) is 3.30. The Bertz CT molecular complexity index is 411. The second-order valence-corrected chi connectivity index (χ2v) is 5.07. The Labute approximate surface area is 120 Å². The first kappa shape index (κ1) is 16.8. The van der Waals surface area contributed by atoms with Crippen LogP contribution in [-0.2, 0) is 6.61 Å². The summed E-state index contributed by atoms with van der Waals surface area (Å²) in [5.41, 5.74) is 0.00843. The van der Waals surface area contributed by atoms with Crippen LogP contribution in [-0.4, -0.2) is 11.7 Å². The zero-order valence-electron chi connectivity index (χ0n) is 12.4. The van der Waals surface area contributed by atoms with Gasteiger partial charge in [0.2, 0.25) is 0 Å². The molecule has 1 N–H and O–H groups in total. The van der Waals surface area contributed by atoms with Crippen molar-refractivity contribution in [3.63, 3.8) is 0 Å². The highest BCUT2D eigenvalue weighted by Crippen LogP contribution is 2.11. The maximum atomic E-state index is 11.4. The van der Waals surface area contributed by atoms with Crippen LogP contribution < -0.4 is 10.2 Å². The summed E-state index contributed by atoms with van der Waals surface area (Å²) in [5.74, 6) is 0.232. The van der Waals surface area contributed by atoms with E-state index >= 15 is 0 Å². The molecule has 1 aromatic heterocycles. The number of aliphatic hydroxyl groups excluding tert-OH is 1. The Morgan fingerprint density at radius 2 is 1.75 bits per heavy atom. The van der Waals surface area contributed by atoms with Gasteiger partial charge >= 0.3 is 0 Å². The summed E-state index contributed by atoms with van der Waals surface area (Å²) in [6.45, 7) is 2.49. The minimum absolute atomic E-state index is 0.232. The molecule has 1 aromatic rings. The molecule has 0 amide bonds. The number of aliphatic hydroxyl groups is 1. The molecule has 1 heterocycles. The first-order valence-corrected chi connectivity index (χ1v) is 7.63. The summed E-state index contributed by atoms with van der Waals surface area (Å²) in [7, 11) is 0. The van der Waals surface area contributed by atoms with Crippen LogP contribution in [0.3, 0.4) is 0 Å². The van der Waals surface area contributed by atoms with Crippen LogP contribution >= 0.6 is 0 Å². The van der Waals surface area contributed by atoms with Gasteiger partial charge in [-0.2, -0.15) is 0 Å². The molecule has 0 atom stereocenters. The van der Waals surface area contributed by atoms with Gasteiger partial charge in [0.15, 0.2) is 5.43 Å². The molecule has 20 heavy (non-hydrogen) atoms. The molecule has 0 bridgehead atoms. The maximum absolute atomic E-state index is 11.4. The first-order valence-electron chi connectivity index (χ1n) is 7.63. The average molecular weight is 282 g/mol. The van der Waals surface area contributed by atoms with Gasteiger partial charge in [-0.25, -0.2) is 0 Å². The molecule has 0 aliphatic rings. The van der Waals surface area contributed by atoms with E-state index in [4.69, 9.17) is 14.3 Å². The van der Waals surface area contributed by atoms with Crippen LogP contribution in [0.15, 0.2) is 21.5 Å². The second kappa shape index (κ2) is 10.5. The normalized spacial score (nSPS) is 10.7. The molecule has 114 valence electrons. The summed E-state index contributed by atoms with van der Waals surface area (Å²) in [6.07, 6.45) is 11.2. The second-order valence-electron chi connectivity index (χ2n) is 5.07. The van der Waals surface area contributed by atoms with Crippen molar-refractivity contribution in [1.82, 2.24) is 0 Å². The molecular formula is C16H26O4. The molecule has 0 aliphatic heterocycles. The zero-order chi connectivity index (χ0) is 14.6. The summed E-state index contributed by atoms with van der Waals surface area (Å²) in [4.78, 5) is 11.4. The monoisotopic (exact) mass is 282 g/mol. The van der Waals surface area contributed by atoms with Crippen LogP contribution in [0.1, 0.15) is 63.9 Å². The van der Waals surface area contributed by atoms with Crippen molar-refractivity contribution in [3.8, 4) is 5.95 Å². The molecule has 0 spiro atoms. The molecule has 4 heteroatoms. The molecule has 0 fully saturated rings. The fraction of sp³-hybridized carbons (Fsp3) is 0.688. The topological polar surface area (TPSA) is 59.7 Å². The number of ether oxygens (including phenoxy) is 1. The van der Waals surface area contributed by atoms with E-state index in [0.29, 0.717) is 6.61 Å². The molecular weight excluding hydrogens is 256 g/mol. The molecule has 0 saturated heterocycles. The molecule has 4 nitrogen and oxygen atoms in total. The third-order valence-electron chi connectivity index (χ3n) is 3.30. The molecule has 0 unspecified atom stereocenters. The van der Waals surface area contributed by atoms with E-state index in [1.165, 1.54) is 50.9 Å². The summed E-state index contributed by atoms with van der Waals surface area (Å²) in [6, 6.07) is 1.29. The van der Waals surface area contributed by atoms with Crippen molar-refractivity contribution in [2.24, 2.45) is 0 Å². The minimum atomic E-state index is -0.305. The molecule has 0 radical (unpaired) electrons. The van der Waals surface area contributed by atoms with E-state index in [1.807, 2.05) is 0 Å². The van der Waals surface area contributed by atoms with E-state index in [-0.39, 0.29) is 23.5 Å². The SMILES string of the molecule is CCCCCCCCCCOc1cc(=O)c(CO)co1. The van der Waals surface area contributed by atoms with Gasteiger partial charge in [0, 0.05) is 0 Å². The van der Waals surface area contributed by atoms with Gasteiger partial charge in [0.05, 0.1) is 24.8 Å². The fourth-order valence-corrected chi connectivity index (χ4v) is 2.02. The van der Waals surface area contributed by atoms with E-state index in [2.05, 4.69) is 6.92 Å². The highest BCUT2D eigenvalue weighted by molar-refractivity contribution is 5.13. The smallest absolute Gasteiger partial charge is 0.288 e. The zero-order valence-corrected chi connectivity index (χ0v) is 12.4. The van der Waals surface area contributed by atoms with Gasteiger partial charge in [0.1, 0.15) is 6.26 Å². The largest absolute Gasteiger partial charge is 0.465 e. The highest BCUT2D eigenvalue weighted by atomic mass is 16.6. The number of hydrogen-bond donors (Lipinski definition) is 1. The van der Waals surface area contributed by atoms with Crippen molar-refractivity contribution in [1.29, 1.82) is 0 Å². The van der Waals surface area contributed by atoms with Gasteiger partial charge in [-0.15, -0.1) is 0 Å². The Morgan fingerprint density at radius 3 is 2.35 bits per heavy atom. The maximum Gasteiger partial charge on any atom is 0.288 e. The summed E-state index contributed by atoms with van der Waals surface area (Å²) < 4.78 is 10.5. The third kappa shape index (κ3) is 6.75. The van der Waals surface area contributed by atoms with Gasteiger partial charge in [-0.05, 0) is 6.42 Å². The predicted octanol–water partition coefficient (Wildman–Crippen LogP) is 3.65. The van der Waals surface area contributed by atoms with E-state index in [0.717, 1.165) is 12.8 Å². The predicted molar refractivity (Wildman–Crippen MR) is 79.0 cm³/mol. The number of hydrogen-bond acceptors (Lipinski definition) is 4. The Morgan fingerprint density at radius 1 is 1.10 bits per heavy atom. The highest BCUT2D eigenvalue weighted by Gasteiger charge is 2.03. The van der Waals surface area contributed by atoms with Gasteiger partial charge in [0.25, 0.3) is 5.95 Å². The fourth-order valence-electron chi connectivity index (χ4n) is 2.02. The van der Waals surface area contributed by atoms with Crippen molar-refractivity contribution in [2.45, 2.75) is 64.9 Å². The van der Waals surface area contributed by atoms with Crippen LogP contribution in [0.4, 0.5) is 0 Å². The Kier molecular flexibility index (Phi) is 8.79. The quantitative estimate of drug-likeness (QED) is 0.629. The average Bonchev–Trinajstić information content (AvgIpc) is 2.46. The van der Waals surface area contributed by atoms with E-state index < -0.39 is 0 Å².